The number of aryl methyl sites for hydroxylation is 1. The first-order valence-corrected chi connectivity index (χ1v) is 8.35. The predicted molar refractivity (Wildman–Crippen MR) is 98.8 cm³/mol. The Labute approximate surface area is 149 Å². The van der Waals surface area contributed by atoms with Gasteiger partial charge >= 0.3 is 6.03 Å². The van der Waals surface area contributed by atoms with E-state index < -0.39 is 6.10 Å². The van der Waals surface area contributed by atoms with E-state index in [2.05, 4.69) is 23.6 Å². The molecule has 3 N–H and O–H groups in total. The molecule has 0 aliphatic heterocycles. The van der Waals surface area contributed by atoms with E-state index in [9.17, 15) is 9.90 Å². The summed E-state index contributed by atoms with van der Waals surface area (Å²) >= 11 is 0. The van der Waals surface area contributed by atoms with E-state index in [-0.39, 0.29) is 18.6 Å². The fraction of sp³-hybridized carbons (Fsp3) is 0.350. The van der Waals surface area contributed by atoms with Crippen molar-refractivity contribution in [3.05, 3.63) is 64.7 Å². The predicted octanol–water partition coefficient (Wildman–Crippen LogP) is 3.41. The fourth-order valence-corrected chi connectivity index (χ4v) is 2.70. The van der Waals surface area contributed by atoms with E-state index in [1.807, 2.05) is 26.0 Å². The maximum Gasteiger partial charge on any atom is 0.315 e. The highest BCUT2D eigenvalue weighted by Gasteiger charge is 2.14. The van der Waals surface area contributed by atoms with Crippen molar-refractivity contribution in [2.45, 2.75) is 32.9 Å². The number of benzene rings is 2. The fourth-order valence-electron chi connectivity index (χ4n) is 2.70. The van der Waals surface area contributed by atoms with Gasteiger partial charge in [-0.2, -0.15) is 0 Å². The van der Waals surface area contributed by atoms with Crippen molar-refractivity contribution in [3.63, 3.8) is 0 Å². The summed E-state index contributed by atoms with van der Waals surface area (Å²) in [5.41, 5.74) is 4.18. The quantitative estimate of drug-likeness (QED) is 0.753. The first-order chi connectivity index (χ1) is 11.9. The van der Waals surface area contributed by atoms with Crippen LogP contribution in [-0.2, 0) is 0 Å². The van der Waals surface area contributed by atoms with E-state index in [0.717, 1.165) is 16.9 Å². The van der Waals surface area contributed by atoms with Crippen molar-refractivity contribution in [2.75, 3.05) is 13.7 Å². The van der Waals surface area contributed by atoms with Crippen LogP contribution in [0.1, 0.15) is 41.3 Å². The Kier molecular flexibility index (Phi) is 6.42. The van der Waals surface area contributed by atoms with Crippen molar-refractivity contribution in [1.82, 2.24) is 10.6 Å². The normalized spacial score (nSPS) is 13.0. The maximum absolute atomic E-state index is 12.1. The SMILES string of the molecule is COc1ccc(C(O)CNC(=O)NC(C)c2cccc(C)c2C)cc1. The third kappa shape index (κ3) is 4.97. The highest BCUT2D eigenvalue weighted by Crippen LogP contribution is 2.20. The van der Waals surface area contributed by atoms with Gasteiger partial charge in [0.25, 0.3) is 0 Å². The standard InChI is InChI=1S/C20H26N2O3/c1-13-6-5-7-18(14(13)2)15(3)22-20(24)21-12-19(23)16-8-10-17(25-4)11-9-16/h5-11,15,19,23H,12H2,1-4H3,(H2,21,22,24). The van der Waals surface area contributed by atoms with Crippen LogP contribution in [0.4, 0.5) is 4.79 Å². The number of aliphatic hydroxyl groups excluding tert-OH is 1. The molecule has 0 spiro atoms. The van der Waals surface area contributed by atoms with Gasteiger partial charge in [-0.1, -0.05) is 30.3 Å². The van der Waals surface area contributed by atoms with Gasteiger partial charge in [0, 0.05) is 6.54 Å². The number of carbonyl (C=O) groups is 1. The molecule has 25 heavy (non-hydrogen) atoms. The minimum Gasteiger partial charge on any atom is -0.497 e. The smallest absolute Gasteiger partial charge is 0.315 e. The lowest BCUT2D eigenvalue weighted by Gasteiger charge is -2.19. The lowest BCUT2D eigenvalue weighted by atomic mass is 9.98. The highest BCUT2D eigenvalue weighted by atomic mass is 16.5. The third-order valence-corrected chi connectivity index (χ3v) is 4.42. The number of rotatable bonds is 6. The summed E-state index contributed by atoms with van der Waals surface area (Å²) < 4.78 is 5.09. The first kappa shape index (κ1) is 18.8. The summed E-state index contributed by atoms with van der Waals surface area (Å²) in [5.74, 6) is 0.726. The second-order valence-corrected chi connectivity index (χ2v) is 6.15. The Hall–Kier alpha value is -2.53. The molecule has 2 aromatic rings. The number of hydrogen-bond donors (Lipinski definition) is 3. The molecule has 0 saturated heterocycles. The second kappa shape index (κ2) is 8.53. The molecular weight excluding hydrogens is 316 g/mol. The first-order valence-electron chi connectivity index (χ1n) is 8.35. The van der Waals surface area contributed by atoms with Crippen LogP contribution >= 0.6 is 0 Å². The average molecular weight is 342 g/mol. The number of amides is 2. The number of ether oxygens (including phenoxy) is 1. The van der Waals surface area contributed by atoms with E-state index in [1.165, 1.54) is 11.1 Å². The Morgan fingerprint density at radius 3 is 2.48 bits per heavy atom. The van der Waals surface area contributed by atoms with Gasteiger partial charge in [-0.25, -0.2) is 4.79 Å². The van der Waals surface area contributed by atoms with Crippen LogP contribution in [-0.4, -0.2) is 24.8 Å². The Morgan fingerprint density at radius 2 is 1.84 bits per heavy atom. The summed E-state index contributed by atoms with van der Waals surface area (Å²) in [5, 5.41) is 15.8. The Bertz CT molecular complexity index is 713. The summed E-state index contributed by atoms with van der Waals surface area (Å²) in [6.07, 6.45) is -0.771. The molecule has 0 saturated carbocycles. The van der Waals surface area contributed by atoms with E-state index in [1.54, 1.807) is 31.4 Å². The Morgan fingerprint density at radius 1 is 1.16 bits per heavy atom. The van der Waals surface area contributed by atoms with Crippen LogP contribution < -0.4 is 15.4 Å². The molecule has 0 bridgehead atoms. The average Bonchev–Trinajstić information content (AvgIpc) is 2.62. The molecule has 0 aromatic heterocycles. The zero-order valence-corrected chi connectivity index (χ0v) is 15.2. The van der Waals surface area contributed by atoms with Gasteiger partial charge in [0.1, 0.15) is 5.75 Å². The molecule has 2 rings (SSSR count). The Balaban J connectivity index is 1.88. The molecule has 0 fully saturated rings. The summed E-state index contributed by atoms with van der Waals surface area (Å²) in [6.45, 7) is 6.18. The molecular formula is C20H26N2O3. The third-order valence-electron chi connectivity index (χ3n) is 4.42. The molecule has 5 heteroatoms. The lowest BCUT2D eigenvalue weighted by Crippen LogP contribution is -2.39. The molecule has 5 nitrogen and oxygen atoms in total. The summed E-state index contributed by atoms with van der Waals surface area (Å²) in [4.78, 5) is 12.1. The van der Waals surface area contributed by atoms with Crippen molar-refractivity contribution >= 4 is 6.03 Å². The zero-order valence-electron chi connectivity index (χ0n) is 15.2. The molecule has 2 atom stereocenters. The summed E-state index contributed by atoms with van der Waals surface area (Å²) in [7, 11) is 1.59. The van der Waals surface area contributed by atoms with E-state index in [4.69, 9.17) is 4.74 Å². The van der Waals surface area contributed by atoms with Crippen LogP contribution in [0.3, 0.4) is 0 Å². The molecule has 134 valence electrons. The van der Waals surface area contributed by atoms with Crippen molar-refractivity contribution in [2.24, 2.45) is 0 Å². The minimum atomic E-state index is -0.771. The van der Waals surface area contributed by atoms with Crippen LogP contribution in [0.15, 0.2) is 42.5 Å². The number of carbonyl (C=O) groups excluding carboxylic acids is 1. The van der Waals surface area contributed by atoms with Gasteiger partial charge in [-0.05, 0) is 55.2 Å². The lowest BCUT2D eigenvalue weighted by molar-refractivity contribution is 0.172. The largest absolute Gasteiger partial charge is 0.497 e. The van der Waals surface area contributed by atoms with Gasteiger partial charge in [0.2, 0.25) is 0 Å². The molecule has 0 aliphatic rings. The molecule has 0 radical (unpaired) electrons. The molecule has 2 aromatic carbocycles. The van der Waals surface area contributed by atoms with Crippen molar-refractivity contribution < 1.29 is 14.6 Å². The van der Waals surface area contributed by atoms with Gasteiger partial charge in [-0.3, -0.25) is 0 Å². The number of aliphatic hydroxyl groups is 1. The van der Waals surface area contributed by atoms with E-state index >= 15 is 0 Å². The van der Waals surface area contributed by atoms with Gasteiger partial charge in [0.05, 0.1) is 19.3 Å². The zero-order chi connectivity index (χ0) is 18.4. The molecule has 2 amide bonds. The second-order valence-electron chi connectivity index (χ2n) is 6.15. The van der Waals surface area contributed by atoms with Gasteiger partial charge in [0.15, 0.2) is 0 Å². The minimum absolute atomic E-state index is 0.113. The van der Waals surface area contributed by atoms with Crippen LogP contribution in [0, 0.1) is 13.8 Å². The van der Waals surface area contributed by atoms with Gasteiger partial charge < -0.3 is 20.5 Å². The molecule has 2 unspecified atom stereocenters. The molecule has 0 aliphatic carbocycles. The van der Waals surface area contributed by atoms with Crippen molar-refractivity contribution in [1.29, 1.82) is 0 Å². The van der Waals surface area contributed by atoms with Gasteiger partial charge in [-0.15, -0.1) is 0 Å². The summed E-state index contributed by atoms with van der Waals surface area (Å²) in [6, 6.07) is 12.8. The molecule has 0 heterocycles. The number of methoxy groups -OCH3 is 1. The maximum atomic E-state index is 12.1. The number of urea groups is 1. The number of nitrogens with one attached hydrogen (secondary N) is 2. The van der Waals surface area contributed by atoms with E-state index in [0.29, 0.717) is 0 Å². The van der Waals surface area contributed by atoms with Crippen LogP contribution in [0.5, 0.6) is 5.75 Å². The van der Waals surface area contributed by atoms with Crippen LogP contribution in [0.2, 0.25) is 0 Å². The topological polar surface area (TPSA) is 70.6 Å². The van der Waals surface area contributed by atoms with Crippen molar-refractivity contribution in [3.8, 4) is 5.75 Å². The number of hydrogen-bond acceptors (Lipinski definition) is 3. The monoisotopic (exact) mass is 342 g/mol. The highest BCUT2D eigenvalue weighted by molar-refractivity contribution is 5.74. The van der Waals surface area contributed by atoms with Crippen LogP contribution in [0.25, 0.3) is 0 Å².